The van der Waals surface area contributed by atoms with Crippen molar-refractivity contribution in [3.05, 3.63) is 82.9 Å². The summed E-state index contributed by atoms with van der Waals surface area (Å²) in [6.07, 6.45) is 5.55. The molecular formula is C22H24ClN5O. The summed E-state index contributed by atoms with van der Waals surface area (Å²) < 4.78 is 1.75. The van der Waals surface area contributed by atoms with Crippen LogP contribution < -0.4 is 5.32 Å². The predicted molar refractivity (Wildman–Crippen MR) is 113 cm³/mol. The molecule has 3 aromatic rings. The normalized spacial score (nSPS) is 15.3. The number of rotatable bonds is 7. The number of nitrogens with one attached hydrogen (secondary N) is 1. The van der Waals surface area contributed by atoms with Gasteiger partial charge in [-0.3, -0.25) is 9.69 Å². The van der Waals surface area contributed by atoms with E-state index < -0.39 is 0 Å². The fourth-order valence-electron chi connectivity index (χ4n) is 3.79. The van der Waals surface area contributed by atoms with Gasteiger partial charge in [0.25, 0.3) is 5.91 Å². The third kappa shape index (κ3) is 4.83. The molecule has 1 aromatic heterocycles. The number of aromatic nitrogens is 3. The zero-order chi connectivity index (χ0) is 20.1. The fourth-order valence-corrected chi connectivity index (χ4v) is 4.05. The lowest BCUT2D eigenvalue weighted by Crippen LogP contribution is -2.37. The molecule has 1 fully saturated rings. The summed E-state index contributed by atoms with van der Waals surface area (Å²) in [7, 11) is 0. The van der Waals surface area contributed by atoms with E-state index in [1.165, 1.54) is 19.2 Å². The van der Waals surface area contributed by atoms with Gasteiger partial charge < -0.3 is 5.32 Å². The highest BCUT2D eigenvalue weighted by molar-refractivity contribution is 6.31. The molecule has 6 nitrogen and oxygen atoms in total. The summed E-state index contributed by atoms with van der Waals surface area (Å²) in [5.41, 5.74) is 2.78. The second-order valence-electron chi connectivity index (χ2n) is 7.28. The highest BCUT2D eigenvalue weighted by Gasteiger charge is 2.25. The van der Waals surface area contributed by atoms with Gasteiger partial charge in [-0.25, -0.2) is 9.67 Å². The first-order valence-electron chi connectivity index (χ1n) is 9.89. The standard InChI is InChI=1S/C22H24ClN5O/c23-20-6-2-1-5-19(20)21(27-11-3-4-12-27)13-25-22(29)18-9-7-17(8-10-18)14-28-16-24-15-26-28/h1-2,5-10,15-16,21H,3-4,11-14H2,(H,25,29). The Hall–Kier alpha value is -2.70. The molecule has 2 aromatic carbocycles. The Bertz CT molecular complexity index is 936. The SMILES string of the molecule is O=C(NCC(c1ccccc1Cl)N1CCCC1)c1ccc(Cn2cncn2)cc1. The van der Waals surface area contributed by atoms with Gasteiger partial charge in [0.15, 0.2) is 0 Å². The van der Waals surface area contributed by atoms with Crippen LogP contribution in [-0.4, -0.2) is 45.2 Å². The lowest BCUT2D eigenvalue weighted by molar-refractivity contribution is 0.0938. The van der Waals surface area contributed by atoms with Gasteiger partial charge in [0.1, 0.15) is 12.7 Å². The Morgan fingerprint density at radius 2 is 1.86 bits per heavy atom. The van der Waals surface area contributed by atoms with Gasteiger partial charge in [0.2, 0.25) is 0 Å². The number of carbonyl (C=O) groups is 1. The van der Waals surface area contributed by atoms with Gasteiger partial charge in [-0.05, 0) is 55.3 Å². The molecule has 1 saturated heterocycles. The number of likely N-dealkylation sites (tertiary alicyclic amines) is 1. The van der Waals surface area contributed by atoms with E-state index in [4.69, 9.17) is 11.6 Å². The summed E-state index contributed by atoms with van der Waals surface area (Å²) in [5, 5.41) is 7.95. The van der Waals surface area contributed by atoms with E-state index in [0.717, 1.165) is 29.2 Å². The maximum atomic E-state index is 12.7. The Balaban J connectivity index is 1.41. The molecule has 150 valence electrons. The van der Waals surface area contributed by atoms with Crippen LogP contribution >= 0.6 is 11.6 Å². The van der Waals surface area contributed by atoms with Crippen LogP contribution in [0.5, 0.6) is 0 Å². The zero-order valence-corrected chi connectivity index (χ0v) is 16.9. The molecular weight excluding hydrogens is 386 g/mol. The van der Waals surface area contributed by atoms with Crippen LogP contribution in [0.2, 0.25) is 5.02 Å². The van der Waals surface area contributed by atoms with Crippen molar-refractivity contribution in [3.8, 4) is 0 Å². The number of nitrogens with zero attached hydrogens (tertiary/aromatic N) is 4. The van der Waals surface area contributed by atoms with Crippen molar-refractivity contribution in [2.24, 2.45) is 0 Å². The van der Waals surface area contributed by atoms with Crippen molar-refractivity contribution in [3.63, 3.8) is 0 Å². The van der Waals surface area contributed by atoms with Gasteiger partial charge in [-0.2, -0.15) is 5.10 Å². The predicted octanol–water partition coefficient (Wildman–Crippen LogP) is 3.55. The largest absolute Gasteiger partial charge is 0.350 e. The highest BCUT2D eigenvalue weighted by atomic mass is 35.5. The van der Waals surface area contributed by atoms with Crippen molar-refractivity contribution < 1.29 is 4.79 Å². The monoisotopic (exact) mass is 409 g/mol. The number of carbonyl (C=O) groups excluding carboxylic acids is 1. The summed E-state index contributed by atoms with van der Waals surface area (Å²) in [4.78, 5) is 19.1. The Kier molecular flexibility index (Phi) is 6.22. The molecule has 7 heteroatoms. The Labute approximate surface area is 175 Å². The summed E-state index contributed by atoms with van der Waals surface area (Å²) in [6, 6.07) is 15.6. The molecule has 1 atom stereocenters. The molecule has 0 saturated carbocycles. The Morgan fingerprint density at radius 3 is 2.55 bits per heavy atom. The first kappa shape index (κ1) is 19.6. The molecule has 1 aliphatic heterocycles. The van der Waals surface area contributed by atoms with E-state index in [-0.39, 0.29) is 11.9 Å². The lowest BCUT2D eigenvalue weighted by Gasteiger charge is -2.29. The third-order valence-corrected chi connectivity index (χ3v) is 5.67. The Morgan fingerprint density at radius 1 is 1.10 bits per heavy atom. The lowest BCUT2D eigenvalue weighted by atomic mass is 10.0. The number of halogens is 1. The second kappa shape index (κ2) is 9.20. The number of benzene rings is 2. The van der Waals surface area contributed by atoms with E-state index >= 15 is 0 Å². The average molecular weight is 410 g/mol. The zero-order valence-electron chi connectivity index (χ0n) is 16.2. The number of hydrogen-bond donors (Lipinski definition) is 1. The van der Waals surface area contributed by atoms with Crippen LogP contribution in [0, 0.1) is 0 Å². The third-order valence-electron chi connectivity index (χ3n) is 5.33. The molecule has 4 rings (SSSR count). The van der Waals surface area contributed by atoms with E-state index in [0.29, 0.717) is 18.7 Å². The summed E-state index contributed by atoms with van der Waals surface area (Å²) in [5.74, 6) is -0.0754. The van der Waals surface area contributed by atoms with Crippen LogP contribution in [0.15, 0.2) is 61.2 Å². The second-order valence-corrected chi connectivity index (χ2v) is 7.69. The maximum Gasteiger partial charge on any atom is 0.251 e. The molecule has 0 bridgehead atoms. The molecule has 2 heterocycles. The first-order valence-corrected chi connectivity index (χ1v) is 10.3. The first-order chi connectivity index (χ1) is 14.2. The summed E-state index contributed by atoms with van der Waals surface area (Å²) >= 11 is 6.45. The fraction of sp³-hybridized carbons (Fsp3) is 0.318. The van der Waals surface area contributed by atoms with Crippen molar-refractivity contribution in [1.29, 1.82) is 0 Å². The van der Waals surface area contributed by atoms with E-state index in [2.05, 4.69) is 26.4 Å². The topological polar surface area (TPSA) is 63.1 Å². The molecule has 0 aliphatic carbocycles. The quantitative estimate of drug-likeness (QED) is 0.648. The van der Waals surface area contributed by atoms with Crippen LogP contribution in [0.25, 0.3) is 0 Å². The molecule has 0 spiro atoms. The van der Waals surface area contributed by atoms with Crippen LogP contribution in [0.3, 0.4) is 0 Å². The van der Waals surface area contributed by atoms with Crippen molar-refractivity contribution >= 4 is 17.5 Å². The molecule has 0 radical (unpaired) electrons. The van der Waals surface area contributed by atoms with Gasteiger partial charge in [0.05, 0.1) is 12.6 Å². The van der Waals surface area contributed by atoms with Crippen molar-refractivity contribution in [2.75, 3.05) is 19.6 Å². The smallest absolute Gasteiger partial charge is 0.251 e. The highest BCUT2D eigenvalue weighted by Crippen LogP contribution is 2.29. The molecule has 1 N–H and O–H groups in total. The van der Waals surface area contributed by atoms with Gasteiger partial charge in [-0.1, -0.05) is 41.9 Å². The van der Waals surface area contributed by atoms with E-state index in [1.54, 1.807) is 11.0 Å². The van der Waals surface area contributed by atoms with Gasteiger partial charge >= 0.3 is 0 Å². The van der Waals surface area contributed by atoms with Gasteiger partial charge in [-0.15, -0.1) is 0 Å². The minimum Gasteiger partial charge on any atom is -0.350 e. The van der Waals surface area contributed by atoms with E-state index in [9.17, 15) is 4.79 Å². The number of amides is 1. The summed E-state index contributed by atoms with van der Waals surface area (Å²) in [6.45, 7) is 3.22. The molecule has 1 unspecified atom stereocenters. The molecule has 29 heavy (non-hydrogen) atoms. The van der Waals surface area contributed by atoms with E-state index in [1.807, 2.05) is 42.5 Å². The van der Waals surface area contributed by atoms with Crippen LogP contribution in [-0.2, 0) is 6.54 Å². The molecule has 1 amide bonds. The van der Waals surface area contributed by atoms with Crippen molar-refractivity contribution in [1.82, 2.24) is 25.0 Å². The molecule has 1 aliphatic rings. The maximum absolute atomic E-state index is 12.7. The minimum absolute atomic E-state index is 0.0754. The van der Waals surface area contributed by atoms with Gasteiger partial charge in [0, 0.05) is 17.1 Å². The average Bonchev–Trinajstić information content (AvgIpc) is 3.44. The van der Waals surface area contributed by atoms with Crippen molar-refractivity contribution in [2.45, 2.75) is 25.4 Å². The minimum atomic E-state index is -0.0754. The van der Waals surface area contributed by atoms with Crippen LogP contribution in [0.1, 0.15) is 40.4 Å². The number of hydrogen-bond acceptors (Lipinski definition) is 4. The van der Waals surface area contributed by atoms with Crippen LogP contribution in [0.4, 0.5) is 0 Å².